The van der Waals surface area contributed by atoms with E-state index in [0.29, 0.717) is 35.4 Å². The van der Waals surface area contributed by atoms with Gasteiger partial charge in [-0.1, -0.05) is 36.4 Å². The van der Waals surface area contributed by atoms with Gasteiger partial charge in [0.1, 0.15) is 17.9 Å². The number of carbonyl (C=O) groups is 1. The molecule has 0 radical (unpaired) electrons. The Morgan fingerprint density at radius 2 is 1.94 bits per heavy atom. The van der Waals surface area contributed by atoms with Gasteiger partial charge in [0.2, 0.25) is 5.76 Å². The predicted molar refractivity (Wildman–Crippen MR) is 134 cm³/mol. The molecule has 7 heteroatoms. The van der Waals surface area contributed by atoms with E-state index in [-0.39, 0.29) is 17.1 Å². The summed E-state index contributed by atoms with van der Waals surface area (Å²) in [6, 6.07) is 12.5. The Hall–Kier alpha value is -3.42. The molecular formula is C28H30N2O5. The second kappa shape index (κ2) is 10.1. The number of morpholine rings is 1. The number of hydrogen-bond acceptors (Lipinski definition) is 6. The first-order valence-electron chi connectivity index (χ1n) is 12.1. The number of fused-ring (bicyclic) bond motifs is 2. The van der Waals surface area contributed by atoms with Crippen molar-refractivity contribution >= 4 is 16.9 Å². The third kappa shape index (κ3) is 4.61. The molecule has 1 amide bonds. The highest BCUT2D eigenvalue weighted by atomic mass is 16.5. The van der Waals surface area contributed by atoms with Crippen LogP contribution in [0.4, 0.5) is 0 Å². The molecule has 1 saturated heterocycles. The van der Waals surface area contributed by atoms with Crippen molar-refractivity contribution in [3.05, 3.63) is 87.8 Å². The molecule has 0 saturated carbocycles. The Bertz CT molecular complexity index is 1310. The first-order chi connectivity index (χ1) is 17.1. The fraction of sp³-hybridized carbons (Fsp3) is 0.357. The lowest BCUT2D eigenvalue weighted by Gasteiger charge is -2.29. The fourth-order valence-electron chi connectivity index (χ4n) is 4.93. The van der Waals surface area contributed by atoms with E-state index in [9.17, 15) is 9.59 Å². The number of benzene rings is 2. The average Bonchev–Trinajstić information content (AvgIpc) is 3.16. The lowest BCUT2D eigenvalue weighted by atomic mass is 9.98. The standard InChI is InChI=1S/C28H30N2O5/c1-3-14-34-21-7-4-6-20(18-21)25-24-26(31)22-17-19(2)8-9-23(22)35-27(24)28(32)30(25)11-5-10-29-12-15-33-16-13-29/h3-4,6-9,17-18,25H,1,5,10-16H2,2H3/t25-/m1/s1. The largest absolute Gasteiger partial charge is 0.490 e. The molecule has 0 bridgehead atoms. The van der Waals surface area contributed by atoms with Gasteiger partial charge in [-0.25, -0.2) is 0 Å². The SMILES string of the molecule is C=CCOc1cccc([C@@H]2c3c(oc4ccc(C)cc4c3=O)C(=O)N2CCCN2CCOCC2)c1. The number of nitrogens with zero attached hydrogens (tertiary/aromatic N) is 2. The summed E-state index contributed by atoms with van der Waals surface area (Å²) in [7, 11) is 0. The lowest BCUT2D eigenvalue weighted by Crippen LogP contribution is -2.38. The smallest absolute Gasteiger partial charge is 0.290 e. The number of rotatable bonds is 8. The number of hydrogen-bond donors (Lipinski definition) is 0. The van der Waals surface area contributed by atoms with Crippen LogP contribution in [0.25, 0.3) is 11.0 Å². The Morgan fingerprint density at radius 1 is 1.11 bits per heavy atom. The molecule has 1 aromatic heterocycles. The maximum absolute atomic E-state index is 13.7. The van der Waals surface area contributed by atoms with Crippen molar-refractivity contribution in [1.29, 1.82) is 0 Å². The molecule has 1 atom stereocenters. The molecule has 0 aliphatic carbocycles. The third-order valence-corrected chi connectivity index (χ3v) is 6.64. The van der Waals surface area contributed by atoms with Crippen molar-refractivity contribution in [2.75, 3.05) is 46.0 Å². The van der Waals surface area contributed by atoms with E-state index in [4.69, 9.17) is 13.9 Å². The molecule has 0 unspecified atom stereocenters. The highest BCUT2D eigenvalue weighted by Crippen LogP contribution is 2.39. The number of aryl methyl sites for hydroxylation is 1. The minimum absolute atomic E-state index is 0.139. The Labute approximate surface area is 204 Å². The monoisotopic (exact) mass is 474 g/mol. The van der Waals surface area contributed by atoms with Crippen LogP contribution in [0.2, 0.25) is 0 Å². The first-order valence-corrected chi connectivity index (χ1v) is 12.1. The van der Waals surface area contributed by atoms with Crippen LogP contribution in [0.5, 0.6) is 5.75 Å². The van der Waals surface area contributed by atoms with Crippen LogP contribution in [0.1, 0.15) is 39.7 Å². The van der Waals surface area contributed by atoms with Crippen LogP contribution in [0.15, 0.2) is 64.3 Å². The van der Waals surface area contributed by atoms with Gasteiger partial charge in [-0.3, -0.25) is 14.5 Å². The minimum atomic E-state index is -0.532. The molecule has 3 heterocycles. The highest BCUT2D eigenvalue weighted by molar-refractivity contribution is 5.99. The Kier molecular flexibility index (Phi) is 6.70. The van der Waals surface area contributed by atoms with E-state index in [1.807, 2.05) is 43.3 Å². The van der Waals surface area contributed by atoms with Gasteiger partial charge >= 0.3 is 0 Å². The molecule has 3 aromatic rings. The molecule has 35 heavy (non-hydrogen) atoms. The summed E-state index contributed by atoms with van der Waals surface area (Å²) in [5.74, 6) is 0.557. The van der Waals surface area contributed by atoms with Crippen molar-refractivity contribution in [3.63, 3.8) is 0 Å². The molecule has 0 N–H and O–H groups in total. The van der Waals surface area contributed by atoms with Gasteiger partial charge in [0.05, 0.1) is 30.2 Å². The lowest BCUT2D eigenvalue weighted by molar-refractivity contribution is 0.0353. The average molecular weight is 475 g/mol. The zero-order valence-electron chi connectivity index (χ0n) is 20.0. The van der Waals surface area contributed by atoms with Crippen molar-refractivity contribution in [1.82, 2.24) is 9.80 Å². The van der Waals surface area contributed by atoms with E-state index >= 15 is 0 Å². The van der Waals surface area contributed by atoms with Crippen molar-refractivity contribution in [2.24, 2.45) is 0 Å². The Balaban J connectivity index is 1.54. The van der Waals surface area contributed by atoms with Crippen molar-refractivity contribution < 1.29 is 18.7 Å². The van der Waals surface area contributed by atoms with E-state index in [1.54, 1.807) is 17.0 Å². The summed E-state index contributed by atoms with van der Waals surface area (Å²) in [5.41, 5.74) is 2.47. The molecule has 182 valence electrons. The molecule has 5 rings (SSSR count). The van der Waals surface area contributed by atoms with Crippen molar-refractivity contribution in [2.45, 2.75) is 19.4 Å². The third-order valence-electron chi connectivity index (χ3n) is 6.64. The summed E-state index contributed by atoms with van der Waals surface area (Å²) in [4.78, 5) is 31.4. The van der Waals surface area contributed by atoms with Gasteiger partial charge < -0.3 is 18.8 Å². The maximum Gasteiger partial charge on any atom is 0.290 e. The molecule has 2 aliphatic heterocycles. The molecule has 1 fully saturated rings. The maximum atomic E-state index is 13.7. The molecule has 7 nitrogen and oxygen atoms in total. The number of ether oxygens (including phenoxy) is 2. The van der Waals surface area contributed by atoms with E-state index in [0.717, 1.165) is 50.4 Å². The van der Waals surface area contributed by atoms with Gasteiger partial charge in [-0.05, 0) is 43.2 Å². The van der Waals surface area contributed by atoms with Crippen LogP contribution in [0.3, 0.4) is 0 Å². The molecule has 2 aromatic carbocycles. The van der Waals surface area contributed by atoms with E-state index < -0.39 is 6.04 Å². The summed E-state index contributed by atoms with van der Waals surface area (Å²) >= 11 is 0. The zero-order valence-corrected chi connectivity index (χ0v) is 20.0. The van der Waals surface area contributed by atoms with Gasteiger partial charge in [-0.15, -0.1) is 0 Å². The van der Waals surface area contributed by atoms with Gasteiger partial charge in [0.15, 0.2) is 5.43 Å². The zero-order chi connectivity index (χ0) is 24.4. The second-order valence-corrected chi connectivity index (χ2v) is 9.05. The molecular weight excluding hydrogens is 444 g/mol. The van der Waals surface area contributed by atoms with Gasteiger partial charge in [0.25, 0.3) is 5.91 Å². The van der Waals surface area contributed by atoms with E-state index in [1.165, 1.54) is 0 Å². The summed E-state index contributed by atoms with van der Waals surface area (Å²) < 4.78 is 17.2. The first kappa shape index (κ1) is 23.3. The molecule has 0 spiro atoms. The Morgan fingerprint density at radius 3 is 2.74 bits per heavy atom. The minimum Gasteiger partial charge on any atom is -0.490 e. The number of carbonyl (C=O) groups excluding carboxylic acids is 1. The van der Waals surface area contributed by atoms with Crippen LogP contribution in [-0.2, 0) is 4.74 Å². The topological polar surface area (TPSA) is 72.2 Å². The molecule has 2 aliphatic rings. The van der Waals surface area contributed by atoms with E-state index in [2.05, 4.69) is 11.5 Å². The number of amides is 1. The summed E-state index contributed by atoms with van der Waals surface area (Å²) in [6.07, 6.45) is 2.47. The van der Waals surface area contributed by atoms with Gasteiger partial charge in [-0.2, -0.15) is 0 Å². The van der Waals surface area contributed by atoms with Gasteiger partial charge in [0, 0.05) is 26.2 Å². The second-order valence-electron chi connectivity index (χ2n) is 9.05. The highest BCUT2D eigenvalue weighted by Gasteiger charge is 2.42. The summed E-state index contributed by atoms with van der Waals surface area (Å²) in [6.45, 7) is 10.6. The van der Waals surface area contributed by atoms with Crippen LogP contribution < -0.4 is 10.2 Å². The normalized spacial score (nSPS) is 18.1. The van der Waals surface area contributed by atoms with Crippen molar-refractivity contribution in [3.8, 4) is 5.75 Å². The van der Waals surface area contributed by atoms with Crippen LogP contribution in [0, 0.1) is 6.92 Å². The quantitative estimate of drug-likeness (QED) is 0.461. The van der Waals surface area contributed by atoms with Crippen LogP contribution >= 0.6 is 0 Å². The summed E-state index contributed by atoms with van der Waals surface area (Å²) in [5, 5.41) is 0.496. The van der Waals surface area contributed by atoms with Crippen LogP contribution in [-0.4, -0.2) is 61.7 Å². The predicted octanol–water partition coefficient (Wildman–Crippen LogP) is 3.93. The fourth-order valence-corrected chi connectivity index (χ4v) is 4.93.